The van der Waals surface area contributed by atoms with Crippen LogP contribution in [0.1, 0.15) is 49.8 Å². The van der Waals surface area contributed by atoms with E-state index in [1.54, 1.807) is 13.0 Å². The number of nitrogens with zero attached hydrogens (tertiary/aromatic N) is 1. The Labute approximate surface area is 120 Å². The van der Waals surface area contributed by atoms with Gasteiger partial charge in [0.25, 0.3) is 0 Å². The van der Waals surface area contributed by atoms with Crippen molar-refractivity contribution < 1.29 is 9.53 Å². The molecule has 1 rings (SSSR count). The molecule has 0 aliphatic carbocycles. The molecule has 106 valence electrons. The van der Waals surface area contributed by atoms with Crippen molar-refractivity contribution in [3.8, 4) is 6.07 Å². The molecular formula is C17H21NO2. The first-order valence-electron chi connectivity index (χ1n) is 7.09. The maximum atomic E-state index is 11.2. The summed E-state index contributed by atoms with van der Waals surface area (Å²) < 4.78 is 4.82. The molecule has 0 N–H and O–H groups in total. The summed E-state index contributed by atoms with van der Waals surface area (Å²) in [4.78, 5) is 11.2. The molecule has 1 aromatic rings. The minimum atomic E-state index is -0.363. The molecule has 1 aromatic carbocycles. The Hall–Kier alpha value is -2.08. The highest BCUT2D eigenvalue weighted by Gasteiger charge is 2.03. The molecule has 0 aliphatic rings. The molecule has 0 aliphatic heterocycles. The van der Waals surface area contributed by atoms with Gasteiger partial charge in [0.1, 0.15) is 0 Å². The van der Waals surface area contributed by atoms with E-state index in [4.69, 9.17) is 4.74 Å². The van der Waals surface area contributed by atoms with Gasteiger partial charge in [0.15, 0.2) is 0 Å². The van der Waals surface area contributed by atoms with Crippen molar-refractivity contribution in [2.24, 2.45) is 0 Å². The average molecular weight is 271 g/mol. The van der Waals surface area contributed by atoms with Gasteiger partial charge in [0.05, 0.1) is 18.2 Å². The predicted octanol–water partition coefficient (Wildman–Crippen LogP) is 3.87. The molecule has 0 radical (unpaired) electrons. The normalized spacial score (nSPS) is 10.4. The largest absolute Gasteiger partial charge is 0.463 e. The van der Waals surface area contributed by atoms with Crippen LogP contribution in [0, 0.1) is 11.3 Å². The van der Waals surface area contributed by atoms with Crippen molar-refractivity contribution in [2.75, 3.05) is 6.61 Å². The van der Waals surface area contributed by atoms with Gasteiger partial charge in [-0.3, -0.25) is 0 Å². The van der Waals surface area contributed by atoms with E-state index in [1.165, 1.54) is 18.9 Å². The number of aryl methyl sites for hydroxylation is 1. The third-order valence-electron chi connectivity index (χ3n) is 3.00. The van der Waals surface area contributed by atoms with Crippen LogP contribution < -0.4 is 0 Å². The van der Waals surface area contributed by atoms with E-state index in [1.807, 2.05) is 18.2 Å². The first-order valence-corrected chi connectivity index (χ1v) is 7.09. The summed E-state index contributed by atoms with van der Waals surface area (Å²) >= 11 is 0. The highest BCUT2D eigenvalue weighted by molar-refractivity contribution is 5.87. The third kappa shape index (κ3) is 5.27. The van der Waals surface area contributed by atoms with Gasteiger partial charge in [0, 0.05) is 6.08 Å². The second-order valence-corrected chi connectivity index (χ2v) is 4.57. The van der Waals surface area contributed by atoms with E-state index in [0.29, 0.717) is 12.2 Å². The highest BCUT2D eigenvalue weighted by atomic mass is 16.5. The summed E-state index contributed by atoms with van der Waals surface area (Å²) in [6.07, 6.45) is 7.44. The molecule has 0 fully saturated rings. The Morgan fingerprint density at radius 2 is 2.15 bits per heavy atom. The fourth-order valence-electron chi connectivity index (χ4n) is 1.94. The number of rotatable bonds is 7. The van der Waals surface area contributed by atoms with E-state index >= 15 is 0 Å². The molecule has 0 saturated heterocycles. The van der Waals surface area contributed by atoms with Gasteiger partial charge < -0.3 is 4.74 Å². The predicted molar refractivity (Wildman–Crippen MR) is 80.1 cm³/mol. The van der Waals surface area contributed by atoms with Crippen molar-refractivity contribution in [3.05, 3.63) is 41.0 Å². The van der Waals surface area contributed by atoms with Crippen LogP contribution in [-0.2, 0) is 16.0 Å². The first-order chi connectivity index (χ1) is 9.71. The second-order valence-electron chi connectivity index (χ2n) is 4.57. The van der Waals surface area contributed by atoms with Gasteiger partial charge in [-0.25, -0.2) is 4.79 Å². The fraction of sp³-hybridized carbons (Fsp3) is 0.412. The molecule has 0 amide bonds. The van der Waals surface area contributed by atoms with Crippen LogP contribution in [0.25, 0.3) is 6.08 Å². The minimum absolute atomic E-state index is 0.363. The van der Waals surface area contributed by atoms with Crippen molar-refractivity contribution >= 4 is 12.0 Å². The first kappa shape index (κ1) is 16.0. The fourth-order valence-corrected chi connectivity index (χ4v) is 1.94. The molecule has 0 aromatic heterocycles. The average Bonchev–Trinajstić information content (AvgIpc) is 2.46. The van der Waals surface area contributed by atoms with Crippen LogP contribution >= 0.6 is 0 Å². The summed E-state index contributed by atoms with van der Waals surface area (Å²) in [5, 5.41) is 9.20. The van der Waals surface area contributed by atoms with Gasteiger partial charge in [-0.2, -0.15) is 5.26 Å². The molecule has 20 heavy (non-hydrogen) atoms. The van der Waals surface area contributed by atoms with E-state index < -0.39 is 0 Å². The Kier molecular flexibility index (Phi) is 7.13. The molecule has 0 spiro atoms. The van der Waals surface area contributed by atoms with E-state index in [9.17, 15) is 10.1 Å². The maximum Gasteiger partial charge on any atom is 0.330 e. The van der Waals surface area contributed by atoms with Crippen LogP contribution in [0.3, 0.4) is 0 Å². The summed E-state index contributed by atoms with van der Waals surface area (Å²) in [5.74, 6) is -0.363. The third-order valence-corrected chi connectivity index (χ3v) is 3.00. The molecule has 0 heterocycles. The lowest BCUT2D eigenvalue weighted by Crippen LogP contribution is -1.98. The zero-order valence-electron chi connectivity index (χ0n) is 12.2. The van der Waals surface area contributed by atoms with Gasteiger partial charge in [-0.05, 0) is 43.0 Å². The number of carbonyl (C=O) groups is 1. The number of esters is 1. The lowest BCUT2D eigenvalue weighted by molar-refractivity contribution is -0.137. The minimum Gasteiger partial charge on any atom is -0.463 e. The highest BCUT2D eigenvalue weighted by Crippen LogP contribution is 2.15. The number of ether oxygens (including phenoxy) is 1. The Balaban J connectivity index is 2.77. The molecular weight excluding hydrogens is 250 g/mol. The van der Waals surface area contributed by atoms with Gasteiger partial charge >= 0.3 is 5.97 Å². The SMILES string of the molecule is CCCCCc1ccc(/C=C\C(=O)OCC)cc1C#N. The second kappa shape index (κ2) is 8.92. The van der Waals surface area contributed by atoms with Crippen molar-refractivity contribution in [1.29, 1.82) is 5.26 Å². The molecule has 3 heteroatoms. The molecule has 0 unspecified atom stereocenters. The van der Waals surface area contributed by atoms with Gasteiger partial charge in [-0.15, -0.1) is 0 Å². The number of unbranched alkanes of at least 4 members (excludes halogenated alkanes) is 2. The topological polar surface area (TPSA) is 50.1 Å². The Morgan fingerprint density at radius 3 is 2.80 bits per heavy atom. The van der Waals surface area contributed by atoms with Crippen LogP contribution in [0.15, 0.2) is 24.3 Å². The van der Waals surface area contributed by atoms with Crippen LogP contribution in [0.5, 0.6) is 0 Å². The standard InChI is InChI=1S/C17H21NO2/c1-3-5-6-7-15-10-8-14(12-16(15)13-18)9-11-17(19)20-4-2/h8-12H,3-7H2,1-2H3/b11-9-. The van der Waals surface area contributed by atoms with Gasteiger partial charge in [-0.1, -0.05) is 31.9 Å². The quantitative estimate of drug-likeness (QED) is 0.430. The van der Waals surface area contributed by atoms with Crippen molar-refractivity contribution in [3.63, 3.8) is 0 Å². The summed E-state index contributed by atoms with van der Waals surface area (Å²) in [5.41, 5.74) is 2.61. The van der Waals surface area contributed by atoms with E-state index in [2.05, 4.69) is 13.0 Å². The van der Waals surface area contributed by atoms with E-state index in [-0.39, 0.29) is 5.97 Å². The smallest absolute Gasteiger partial charge is 0.330 e. The number of hydrogen-bond donors (Lipinski definition) is 0. The van der Waals surface area contributed by atoms with E-state index in [0.717, 1.165) is 24.0 Å². The van der Waals surface area contributed by atoms with Crippen molar-refractivity contribution in [1.82, 2.24) is 0 Å². The van der Waals surface area contributed by atoms with Crippen molar-refractivity contribution in [2.45, 2.75) is 39.5 Å². The Bertz CT molecular complexity index is 512. The lowest BCUT2D eigenvalue weighted by atomic mass is 9.99. The maximum absolute atomic E-state index is 11.2. The Morgan fingerprint density at radius 1 is 1.35 bits per heavy atom. The molecule has 0 saturated carbocycles. The number of carbonyl (C=O) groups excluding carboxylic acids is 1. The lowest BCUT2D eigenvalue weighted by Gasteiger charge is -2.04. The number of benzene rings is 1. The molecule has 0 atom stereocenters. The molecule has 0 bridgehead atoms. The van der Waals surface area contributed by atoms with Gasteiger partial charge in [0.2, 0.25) is 0 Å². The van der Waals surface area contributed by atoms with Crippen LogP contribution in [-0.4, -0.2) is 12.6 Å². The van der Waals surface area contributed by atoms with Crippen LogP contribution in [0.4, 0.5) is 0 Å². The summed E-state index contributed by atoms with van der Waals surface area (Å²) in [6.45, 7) is 4.29. The zero-order valence-corrected chi connectivity index (χ0v) is 12.2. The molecule has 3 nitrogen and oxygen atoms in total. The number of hydrogen-bond acceptors (Lipinski definition) is 3. The summed E-state index contributed by atoms with van der Waals surface area (Å²) in [7, 11) is 0. The number of nitriles is 1. The zero-order chi connectivity index (χ0) is 14.8. The van der Waals surface area contributed by atoms with Crippen LogP contribution in [0.2, 0.25) is 0 Å². The monoisotopic (exact) mass is 271 g/mol. The summed E-state index contributed by atoms with van der Waals surface area (Å²) in [6, 6.07) is 7.94.